The second-order valence-electron chi connectivity index (χ2n) is 7.88. The Kier molecular flexibility index (Phi) is 5.72. The van der Waals surface area contributed by atoms with Gasteiger partial charge in [-0.25, -0.2) is 9.97 Å². The number of likely N-dealkylation sites (tertiary alicyclic amines) is 1. The number of fused-ring (bicyclic) bond motifs is 2. The number of methoxy groups -OCH3 is 1. The van der Waals surface area contributed by atoms with Crippen molar-refractivity contribution in [1.29, 1.82) is 5.26 Å². The quantitative estimate of drug-likeness (QED) is 0.705. The molecule has 2 atom stereocenters. The van der Waals surface area contributed by atoms with Gasteiger partial charge in [-0.2, -0.15) is 14.0 Å². The molecule has 4 heterocycles. The first-order valence-corrected chi connectivity index (χ1v) is 10.2. The van der Waals surface area contributed by atoms with Crippen LogP contribution >= 0.6 is 0 Å². The first-order valence-electron chi connectivity index (χ1n) is 10.2. The third-order valence-electron chi connectivity index (χ3n) is 5.94. The summed E-state index contributed by atoms with van der Waals surface area (Å²) in [4.78, 5) is 24.8. The highest BCUT2D eigenvalue weighted by Gasteiger charge is 2.42. The number of carbonyl (C=O) groups excluding carboxylic acids is 1. The molecular weight excluding hydrogens is 404 g/mol. The Morgan fingerprint density at radius 1 is 1.26 bits per heavy atom. The molecule has 162 valence electrons. The van der Waals surface area contributed by atoms with Gasteiger partial charge in [-0.15, -0.1) is 0 Å². The number of carbonyl (C=O) groups is 1. The number of aromatic nitrogens is 2. The van der Waals surface area contributed by atoms with Crippen LogP contribution in [0.2, 0.25) is 0 Å². The molecule has 0 aliphatic carbocycles. The second-order valence-corrected chi connectivity index (χ2v) is 7.88. The summed E-state index contributed by atoms with van der Waals surface area (Å²) in [6, 6.07) is 10.0. The van der Waals surface area contributed by atoms with Crippen molar-refractivity contribution in [2.24, 2.45) is 0 Å². The Morgan fingerprint density at radius 3 is 2.61 bits per heavy atom. The number of nitriles is 1. The highest BCUT2D eigenvalue weighted by molar-refractivity contribution is 5.77. The van der Waals surface area contributed by atoms with Crippen LogP contribution in [-0.2, 0) is 10.7 Å². The number of rotatable bonds is 6. The van der Waals surface area contributed by atoms with E-state index < -0.39 is 18.0 Å². The van der Waals surface area contributed by atoms with E-state index in [1.165, 1.54) is 25.3 Å². The summed E-state index contributed by atoms with van der Waals surface area (Å²) in [6.07, 6.45) is 2.53. The predicted octanol–water partition coefficient (Wildman–Crippen LogP) is 3.11. The van der Waals surface area contributed by atoms with Gasteiger partial charge < -0.3 is 14.5 Å². The smallest absolute Gasteiger partial charge is 0.290 e. The number of ether oxygens (including phenoxy) is 1. The van der Waals surface area contributed by atoms with Crippen LogP contribution in [0.25, 0.3) is 0 Å². The molecule has 4 rings (SSSR count). The van der Waals surface area contributed by atoms with Gasteiger partial charge in [-0.1, -0.05) is 6.07 Å². The molecule has 2 bridgehead atoms. The van der Waals surface area contributed by atoms with E-state index in [9.17, 15) is 13.6 Å². The topological polar surface area (TPSA) is 82.4 Å². The van der Waals surface area contributed by atoms with Crippen LogP contribution < -0.4 is 9.64 Å². The Labute approximate surface area is 179 Å². The molecule has 0 radical (unpaired) electrons. The monoisotopic (exact) mass is 427 g/mol. The molecule has 0 N–H and O–H groups in total. The van der Waals surface area contributed by atoms with Gasteiger partial charge in [0.05, 0.1) is 12.7 Å². The third-order valence-corrected chi connectivity index (χ3v) is 5.94. The van der Waals surface area contributed by atoms with Crippen molar-refractivity contribution in [2.75, 3.05) is 25.1 Å². The van der Waals surface area contributed by atoms with E-state index in [1.54, 1.807) is 17.2 Å². The number of amides is 1. The van der Waals surface area contributed by atoms with Gasteiger partial charge in [0.15, 0.2) is 0 Å². The number of anilines is 1. The van der Waals surface area contributed by atoms with Crippen LogP contribution in [-0.4, -0.2) is 53.1 Å². The van der Waals surface area contributed by atoms with E-state index in [0.29, 0.717) is 18.7 Å². The fraction of sp³-hybridized carbons (Fsp3) is 0.455. The van der Waals surface area contributed by atoms with Crippen molar-refractivity contribution in [2.45, 2.75) is 43.7 Å². The van der Waals surface area contributed by atoms with E-state index in [4.69, 9.17) is 10.00 Å². The number of piperazine rings is 1. The highest BCUT2D eigenvalue weighted by Crippen LogP contribution is 2.36. The van der Waals surface area contributed by atoms with Crippen LogP contribution in [0, 0.1) is 11.3 Å². The van der Waals surface area contributed by atoms with Gasteiger partial charge in [0.25, 0.3) is 5.92 Å². The van der Waals surface area contributed by atoms with Gasteiger partial charge in [0.2, 0.25) is 11.8 Å². The first-order chi connectivity index (χ1) is 14.9. The zero-order valence-corrected chi connectivity index (χ0v) is 17.2. The van der Waals surface area contributed by atoms with E-state index in [0.717, 1.165) is 18.7 Å². The molecule has 0 aromatic carbocycles. The second kappa shape index (κ2) is 8.46. The predicted molar refractivity (Wildman–Crippen MR) is 109 cm³/mol. The lowest BCUT2D eigenvalue weighted by Gasteiger charge is -2.42. The molecular formula is C22H23F2N5O2. The lowest BCUT2D eigenvalue weighted by atomic mass is 10.1. The number of nitrogens with zero attached hydrogens (tertiary/aromatic N) is 5. The largest absolute Gasteiger partial charge is 0.481 e. The lowest BCUT2D eigenvalue weighted by molar-refractivity contribution is -0.134. The molecule has 0 spiro atoms. The highest BCUT2D eigenvalue weighted by atomic mass is 19.3. The summed E-state index contributed by atoms with van der Waals surface area (Å²) in [6.45, 7) is 0.972. The summed E-state index contributed by atoms with van der Waals surface area (Å²) in [5.74, 6) is -2.58. The molecule has 7 nitrogen and oxygen atoms in total. The summed E-state index contributed by atoms with van der Waals surface area (Å²) < 4.78 is 34.1. The fourth-order valence-corrected chi connectivity index (χ4v) is 4.37. The van der Waals surface area contributed by atoms with E-state index in [1.807, 2.05) is 6.07 Å². The SMILES string of the molecule is COc1cccc(C(F)(F)CCC(=O)N2CC3CC[C@@H](C2)N3c2ccc(C#N)cn2)n1. The summed E-state index contributed by atoms with van der Waals surface area (Å²) in [5.41, 5.74) is 0.104. The van der Waals surface area contributed by atoms with Crippen molar-refractivity contribution < 1.29 is 18.3 Å². The van der Waals surface area contributed by atoms with Crippen molar-refractivity contribution in [3.05, 3.63) is 47.8 Å². The Hall–Kier alpha value is -3.28. The van der Waals surface area contributed by atoms with Gasteiger partial charge >= 0.3 is 0 Å². The van der Waals surface area contributed by atoms with Crippen molar-refractivity contribution >= 4 is 11.7 Å². The van der Waals surface area contributed by atoms with Gasteiger partial charge in [0.1, 0.15) is 17.6 Å². The van der Waals surface area contributed by atoms with Crippen LogP contribution in [0.3, 0.4) is 0 Å². The van der Waals surface area contributed by atoms with Crippen molar-refractivity contribution in [3.8, 4) is 11.9 Å². The van der Waals surface area contributed by atoms with E-state index >= 15 is 0 Å². The van der Waals surface area contributed by atoms with Gasteiger partial charge in [-0.05, 0) is 31.0 Å². The maximum Gasteiger partial charge on any atom is 0.290 e. The van der Waals surface area contributed by atoms with Crippen molar-refractivity contribution in [1.82, 2.24) is 14.9 Å². The average Bonchev–Trinajstić information content (AvgIpc) is 3.06. The molecule has 2 aromatic heterocycles. The van der Waals surface area contributed by atoms with Crippen LogP contribution in [0.5, 0.6) is 5.88 Å². The Morgan fingerprint density at radius 2 is 2.00 bits per heavy atom. The number of hydrogen-bond acceptors (Lipinski definition) is 6. The van der Waals surface area contributed by atoms with Crippen LogP contribution in [0.15, 0.2) is 36.5 Å². The minimum Gasteiger partial charge on any atom is -0.481 e. The minimum absolute atomic E-state index is 0.101. The molecule has 1 unspecified atom stereocenters. The van der Waals surface area contributed by atoms with E-state index in [2.05, 4.69) is 20.9 Å². The number of pyridine rings is 2. The molecule has 1 amide bonds. The third kappa shape index (κ3) is 4.29. The zero-order valence-electron chi connectivity index (χ0n) is 17.2. The standard InChI is InChI=1S/C22H23F2N5O2/c1-31-20-4-2-3-18(27-20)22(23,24)10-9-21(30)28-13-16-6-7-17(14-28)29(16)19-8-5-15(11-25)12-26-19/h2-5,8,12,16-17H,6-7,9-10,13-14H2,1H3/t16-,17?/m0/s1. The maximum absolute atomic E-state index is 14.6. The van der Waals surface area contributed by atoms with Crippen LogP contribution in [0.1, 0.15) is 36.9 Å². The Balaban J connectivity index is 1.38. The average molecular weight is 427 g/mol. The fourth-order valence-electron chi connectivity index (χ4n) is 4.37. The number of alkyl halides is 2. The van der Waals surface area contributed by atoms with Gasteiger partial charge in [0, 0.05) is 50.3 Å². The summed E-state index contributed by atoms with van der Waals surface area (Å²) >= 11 is 0. The Bertz CT molecular complexity index is 978. The van der Waals surface area contributed by atoms with E-state index in [-0.39, 0.29) is 30.3 Å². The lowest BCUT2D eigenvalue weighted by Crippen LogP contribution is -2.55. The molecule has 2 fully saturated rings. The molecule has 2 aromatic rings. The normalized spacial score (nSPS) is 20.5. The maximum atomic E-state index is 14.6. The molecule has 2 aliphatic heterocycles. The summed E-state index contributed by atoms with van der Waals surface area (Å²) in [7, 11) is 1.37. The molecule has 31 heavy (non-hydrogen) atoms. The number of hydrogen-bond donors (Lipinski definition) is 0. The molecule has 9 heteroatoms. The molecule has 2 saturated heterocycles. The first kappa shape index (κ1) is 21.0. The minimum atomic E-state index is -3.21. The number of halogens is 2. The molecule has 2 aliphatic rings. The zero-order chi connectivity index (χ0) is 22.0. The van der Waals surface area contributed by atoms with Crippen molar-refractivity contribution in [3.63, 3.8) is 0 Å². The molecule has 0 saturated carbocycles. The van der Waals surface area contributed by atoms with Crippen LogP contribution in [0.4, 0.5) is 14.6 Å². The van der Waals surface area contributed by atoms with Gasteiger partial charge in [-0.3, -0.25) is 4.79 Å². The summed E-state index contributed by atoms with van der Waals surface area (Å²) in [5, 5.41) is 8.95.